The number of carbonyl (C=O) groups excluding carboxylic acids is 1. The third-order valence-corrected chi connectivity index (χ3v) is 3.19. The highest BCUT2D eigenvalue weighted by molar-refractivity contribution is 6.31. The summed E-state index contributed by atoms with van der Waals surface area (Å²) in [6, 6.07) is 3.83. The maximum absolute atomic E-state index is 11.7. The van der Waals surface area contributed by atoms with E-state index in [0.717, 1.165) is 19.3 Å². The zero-order valence-corrected chi connectivity index (χ0v) is 13.0. The SMILES string of the molecule is CC(C)CCCCNC(=O)Nc1cc(Cl)ccc1C(=O)O. The molecule has 0 atom stereocenters. The van der Waals surface area contributed by atoms with Crippen molar-refractivity contribution < 1.29 is 14.7 Å². The van der Waals surface area contributed by atoms with Gasteiger partial charge in [-0.05, 0) is 30.5 Å². The van der Waals surface area contributed by atoms with Crippen LogP contribution in [0.2, 0.25) is 5.02 Å². The number of anilines is 1. The van der Waals surface area contributed by atoms with Crippen LogP contribution in [-0.4, -0.2) is 23.7 Å². The maximum Gasteiger partial charge on any atom is 0.337 e. The predicted octanol–water partition coefficient (Wildman–Crippen LogP) is 3.99. The summed E-state index contributed by atoms with van der Waals surface area (Å²) in [5, 5.41) is 14.6. The summed E-state index contributed by atoms with van der Waals surface area (Å²) in [6.45, 7) is 4.88. The number of nitrogens with one attached hydrogen (secondary N) is 2. The molecule has 0 saturated heterocycles. The molecule has 6 heteroatoms. The van der Waals surface area contributed by atoms with Gasteiger partial charge in [0.2, 0.25) is 0 Å². The second-order valence-electron chi connectivity index (χ2n) is 5.27. The van der Waals surface area contributed by atoms with Crippen molar-refractivity contribution in [3.05, 3.63) is 28.8 Å². The maximum atomic E-state index is 11.7. The molecule has 0 aliphatic carbocycles. The van der Waals surface area contributed by atoms with Crippen molar-refractivity contribution in [2.45, 2.75) is 33.1 Å². The van der Waals surface area contributed by atoms with Gasteiger partial charge in [-0.15, -0.1) is 0 Å². The van der Waals surface area contributed by atoms with E-state index in [4.69, 9.17) is 16.7 Å². The van der Waals surface area contributed by atoms with E-state index in [9.17, 15) is 9.59 Å². The number of hydrogen-bond donors (Lipinski definition) is 3. The number of benzene rings is 1. The predicted molar refractivity (Wildman–Crippen MR) is 84.1 cm³/mol. The molecule has 0 heterocycles. The molecule has 2 amide bonds. The Hall–Kier alpha value is -1.75. The molecule has 0 bridgehead atoms. The second-order valence-corrected chi connectivity index (χ2v) is 5.70. The van der Waals surface area contributed by atoms with Gasteiger partial charge in [0.25, 0.3) is 0 Å². The Morgan fingerprint density at radius 1 is 1.29 bits per heavy atom. The minimum absolute atomic E-state index is 0.00866. The zero-order chi connectivity index (χ0) is 15.8. The van der Waals surface area contributed by atoms with Crippen molar-refractivity contribution in [1.29, 1.82) is 0 Å². The molecule has 1 aromatic carbocycles. The summed E-state index contributed by atoms with van der Waals surface area (Å²) >= 11 is 5.82. The van der Waals surface area contributed by atoms with Gasteiger partial charge < -0.3 is 15.7 Å². The van der Waals surface area contributed by atoms with Gasteiger partial charge >= 0.3 is 12.0 Å². The molecule has 0 saturated carbocycles. The first-order valence-electron chi connectivity index (χ1n) is 6.98. The van der Waals surface area contributed by atoms with Gasteiger partial charge in [-0.25, -0.2) is 9.59 Å². The van der Waals surface area contributed by atoms with Crippen LogP contribution < -0.4 is 10.6 Å². The van der Waals surface area contributed by atoms with Crippen molar-refractivity contribution in [3.8, 4) is 0 Å². The quantitative estimate of drug-likeness (QED) is 0.666. The average Bonchev–Trinajstić information content (AvgIpc) is 2.37. The Morgan fingerprint density at radius 2 is 2.00 bits per heavy atom. The van der Waals surface area contributed by atoms with Gasteiger partial charge in [0, 0.05) is 11.6 Å². The molecule has 0 fully saturated rings. The first-order valence-corrected chi connectivity index (χ1v) is 7.35. The van der Waals surface area contributed by atoms with E-state index in [0.29, 0.717) is 17.5 Å². The molecular formula is C15H21ClN2O3. The lowest BCUT2D eigenvalue weighted by Crippen LogP contribution is -2.30. The minimum Gasteiger partial charge on any atom is -0.478 e. The van der Waals surface area contributed by atoms with E-state index in [1.54, 1.807) is 0 Å². The van der Waals surface area contributed by atoms with E-state index >= 15 is 0 Å². The van der Waals surface area contributed by atoms with E-state index in [1.807, 2.05) is 0 Å². The summed E-state index contributed by atoms with van der Waals surface area (Å²) in [5.41, 5.74) is 0.198. The fraction of sp³-hybridized carbons (Fsp3) is 0.467. The summed E-state index contributed by atoms with van der Waals surface area (Å²) < 4.78 is 0. The Labute approximate surface area is 129 Å². The van der Waals surface area contributed by atoms with Gasteiger partial charge in [-0.2, -0.15) is 0 Å². The molecule has 1 aromatic rings. The number of carboxylic acid groups (broad SMARTS) is 1. The molecular weight excluding hydrogens is 292 g/mol. The summed E-state index contributed by atoms with van der Waals surface area (Å²) in [4.78, 5) is 22.8. The van der Waals surface area contributed by atoms with Crippen LogP contribution >= 0.6 is 11.6 Å². The van der Waals surface area contributed by atoms with Crippen molar-refractivity contribution in [2.24, 2.45) is 5.92 Å². The van der Waals surface area contributed by atoms with Crippen LogP contribution in [0.5, 0.6) is 0 Å². The smallest absolute Gasteiger partial charge is 0.337 e. The summed E-state index contributed by atoms with van der Waals surface area (Å²) in [5.74, 6) is -0.456. The van der Waals surface area contributed by atoms with E-state index in [2.05, 4.69) is 24.5 Å². The lowest BCUT2D eigenvalue weighted by molar-refractivity contribution is 0.0698. The highest BCUT2D eigenvalue weighted by Crippen LogP contribution is 2.21. The molecule has 0 radical (unpaired) electrons. The standard InChI is InChI=1S/C15H21ClN2O3/c1-10(2)5-3-4-8-17-15(21)18-13-9-11(16)6-7-12(13)14(19)20/h6-7,9-10H,3-5,8H2,1-2H3,(H,19,20)(H2,17,18,21). The lowest BCUT2D eigenvalue weighted by atomic mass is 10.1. The highest BCUT2D eigenvalue weighted by Gasteiger charge is 2.12. The van der Waals surface area contributed by atoms with E-state index in [1.165, 1.54) is 18.2 Å². The average molecular weight is 313 g/mol. The third kappa shape index (κ3) is 6.49. The largest absolute Gasteiger partial charge is 0.478 e. The highest BCUT2D eigenvalue weighted by atomic mass is 35.5. The van der Waals surface area contributed by atoms with Gasteiger partial charge in [0.1, 0.15) is 0 Å². The number of carboxylic acids is 1. The Morgan fingerprint density at radius 3 is 2.62 bits per heavy atom. The fourth-order valence-electron chi connectivity index (χ4n) is 1.85. The molecule has 0 spiro atoms. The van der Waals surface area contributed by atoms with Crippen LogP contribution in [0, 0.1) is 5.92 Å². The van der Waals surface area contributed by atoms with Crippen LogP contribution in [0.1, 0.15) is 43.5 Å². The lowest BCUT2D eigenvalue weighted by Gasteiger charge is -2.10. The van der Waals surface area contributed by atoms with Gasteiger partial charge in [-0.3, -0.25) is 0 Å². The van der Waals surface area contributed by atoms with Crippen LogP contribution in [0.4, 0.5) is 10.5 Å². The molecule has 0 aliphatic heterocycles. The number of amides is 2. The van der Waals surface area contributed by atoms with E-state index in [-0.39, 0.29) is 11.3 Å². The van der Waals surface area contributed by atoms with Crippen molar-refractivity contribution in [1.82, 2.24) is 5.32 Å². The first kappa shape index (κ1) is 17.3. The Balaban J connectivity index is 2.47. The molecule has 0 aromatic heterocycles. The summed E-state index contributed by atoms with van der Waals surface area (Å²) in [6.07, 6.45) is 3.07. The van der Waals surface area contributed by atoms with Crippen molar-refractivity contribution in [2.75, 3.05) is 11.9 Å². The number of carbonyl (C=O) groups is 2. The number of rotatable bonds is 7. The fourth-order valence-corrected chi connectivity index (χ4v) is 2.02. The monoisotopic (exact) mass is 312 g/mol. The van der Waals surface area contributed by atoms with Gasteiger partial charge in [-0.1, -0.05) is 38.3 Å². The Kier molecular flexibility index (Phi) is 7.02. The van der Waals surface area contributed by atoms with Crippen LogP contribution in [-0.2, 0) is 0 Å². The van der Waals surface area contributed by atoms with E-state index < -0.39 is 12.0 Å². The topological polar surface area (TPSA) is 78.4 Å². The molecule has 5 nitrogen and oxygen atoms in total. The molecule has 1 rings (SSSR count). The normalized spacial score (nSPS) is 10.5. The van der Waals surface area contributed by atoms with Crippen LogP contribution in [0.3, 0.4) is 0 Å². The number of unbranched alkanes of at least 4 members (excludes halogenated alkanes) is 1. The van der Waals surface area contributed by atoms with Crippen LogP contribution in [0.15, 0.2) is 18.2 Å². The zero-order valence-electron chi connectivity index (χ0n) is 12.3. The number of halogens is 1. The van der Waals surface area contributed by atoms with Crippen molar-refractivity contribution >= 4 is 29.3 Å². The van der Waals surface area contributed by atoms with Gasteiger partial charge in [0.15, 0.2) is 0 Å². The second kappa shape index (κ2) is 8.52. The third-order valence-electron chi connectivity index (χ3n) is 2.95. The number of urea groups is 1. The molecule has 3 N–H and O–H groups in total. The first-order chi connectivity index (χ1) is 9.90. The summed E-state index contributed by atoms with van der Waals surface area (Å²) in [7, 11) is 0. The number of aromatic carboxylic acids is 1. The minimum atomic E-state index is -1.11. The molecule has 0 aliphatic rings. The van der Waals surface area contributed by atoms with Gasteiger partial charge in [0.05, 0.1) is 11.3 Å². The molecule has 116 valence electrons. The van der Waals surface area contributed by atoms with Crippen molar-refractivity contribution in [3.63, 3.8) is 0 Å². The molecule has 21 heavy (non-hydrogen) atoms. The number of hydrogen-bond acceptors (Lipinski definition) is 2. The molecule has 0 unspecified atom stereocenters. The Bertz CT molecular complexity index is 504. The van der Waals surface area contributed by atoms with Crippen LogP contribution in [0.25, 0.3) is 0 Å².